The molecule has 118 valence electrons. The number of para-hydroxylation sites is 2. The highest BCUT2D eigenvalue weighted by molar-refractivity contribution is 5.75. The first-order valence-electron chi connectivity index (χ1n) is 8.11. The summed E-state index contributed by atoms with van der Waals surface area (Å²) in [5.74, 6) is 1.07. The van der Waals surface area contributed by atoms with E-state index in [1.807, 2.05) is 30.3 Å². The van der Waals surface area contributed by atoms with Gasteiger partial charge in [-0.3, -0.25) is 4.90 Å². The molecular weight excluding hydrogens is 286 g/mol. The fraction of sp³-hybridized carbons (Fsp3) is 0.316. The smallest absolute Gasteiger partial charge is 0.123 e. The number of fused-ring (bicyclic) bond motifs is 2. The Morgan fingerprint density at radius 1 is 1.13 bits per heavy atom. The summed E-state index contributed by atoms with van der Waals surface area (Å²) in [5, 5.41) is 10.3. The zero-order valence-corrected chi connectivity index (χ0v) is 13.3. The molecule has 0 bridgehead atoms. The SMILES string of the molecule is Cn1c(CN2CCC(O)c3ccccc3C2)nc2ccccc21. The lowest BCUT2D eigenvalue weighted by molar-refractivity contribution is 0.148. The number of hydrogen-bond donors (Lipinski definition) is 1. The molecule has 2 aromatic carbocycles. The van der Waals surface area contributed by atoms with Crippen LogP contribution in [0.3, 0.4) is 0 Å². The van der Waals surface area contributed by atoms with Crippen LogP contribution in [0.5, 0.6) is 0 Å². The van der Waals surface area contributed by atoms with Gasteiger partial charge in [-0.2, -0.15) is 0 Å². The van der Waals surface area contributed by atoms with Gasteiger partial charge in [0.15, 0.2) is 0 Å². The Hall–Kier alpha value is -2.17. The van der Waals surface area contributed by atoms with E-state index < -0.39 is 0 Å². The summed E-state index contributed by atoms with van der Waals surface area (Å²) in [5.41, 5.74) is 4.49. The molecule has 1 aliphatic rings. The maximum Gasteiger partial charge on any atom is 0.123 e. The Bertz CT molecular complexity index is 840. The van der Waals surface area contributed by atoms with Crippen LogP contribution in [0.25, 0.3) is 11.0 Å². The van der Waals surface area contributed by atoms with Gasteiger partial charge in [0.05, 0.1) is 23.7 Å². The minimum Gasteiger partial charge on any atom is -0.388 e. The number of nitrogens with zero attached hydrogens (tertiary/aromatic N) is 3. The number of aryl methyl sites for hydroxylation is 1. The van der Waals surface area contributed by atoms with Crippen LogP contribution in [0.4, 0.5) is 0 Å². The average Bonchev–Trinajstić information content (AvgIpc) is 2.79. The zero-order chi connectivity index (χ0) is 15.8. The van der Waals surface area contributed by atoms with Crippen molar-refractivity contribution in [2.75, 3.05) is 6.54 Å². The molecule has 1 aromatic heterocycles. The Balaban J connectivity index is 1.62. The van der Waals surface area contributed by atoms with E-state index in [1.54, 1.807) is 0 Å². The summed E-state index contributed by atoms with van der Waals surface area (Å²) in [6.45, 7) is 2.53. The third-order valence-corrected chi connectivity index (χ3v) is 4.77. The van der Waals surface area contributed by atoms with Crippen LogP contribution < -0.4 is 0 Å². The predicted molar refractivity (Wildman–Crippen MR) is 90.8 cm³/mol. The Morgan fingerprint density at radius 3 is 2.78 bits per heavy atom. The van der Waals surface area contributed by atoms with E-state index >= 15 is 0 Å². The molecule has 4 rings (SSSR count). The average molecular weight is 307 g/mol. The van der Waals surface area contributed by atoms with Gasteiger partial charge in [-0.1, -0.05) is 36.4 Å². The molecule has 0 saturated heterocycles. The third-order valence-electron chi connectivity index (χ3n) is 4.77. The predicted octanol–water partition coefficient (Wildman–Crippen LogP) is 3.01. The van der Waals surface area contributed by atoms with Gasteiger partial charge >= 0.3 is 0 Å². The molecular formula is C19H21N3O. The van der Waals surface area contributed by atoms with Crippen molar-refractivity contribution in [1.29, 1.82) is 0 Å². The lowest BCUT2D eigenvalue weighted by atomic mass is 10.0. The molecule has 4 nitrogen and oxygen atoms in total. The number of aliphatic hydroxyl groups excluding tert-OH is 1. The number of hydrogen-bond acceptors (Lipinski definition) is 3. The summed E-state index contributed by atoms with van der Waals surface area (Å²) >= 11 is 0. The molecule has 1 unspecified atom stereocenters. The maximum absolute atomic E-state index is 10.3. The highest BCUT2D eigenvalue weighted by atomic mass is 16.3. The maximum atomic E-state index is 10.3. The van der Waals surface area contributed by atoms with Gasteiger partial charge in [-0.15, -0.1) is 0 Å². The van der Waals surface area contributed by atoms with Crippen molar-refractivity contribution in [1.82, 2.24) is 14.5 Å². The first-order chi connectivity index (χ1) is 11.2. The summed E-state index contributed by atoms with van der Waals surface area (Å²) in [6, 6.07) is 16.4. The van der Waals surface area contributed by atoms with E-state index in [1.165, 1.54) is 5.56 Å². The van der Waals surface area contributed by atoms with Crippen LogP contribution >= 0.6 is 0 Å². The van der Waals surface area contributed by atoms with Crippen LogP contribution in [0.1, 0.15) is 29.5 Å². The molecule has 0 aliphatic carbocycles. The van der Waals surface area contributed by atoms with Crippen molar-refractivity contribution in [3.8, 4) is 0 Å². The molecule has 0 radical (unpaired) electrons. The second-order valence-corrected chi connectivity index (χ2v) is 6.29. The number of benzene rings is 2. The third kappa shape index (κ3) is 2.64. The Labute approximate surface area is 136 Å². The highest BCUT2D eigenvalue weighted by Crippen LogP contribution is 2.27. The molecule has 0 spiro atoms. The Morgan fingerprint density at radius 2 is 1.91 bits per heavy atom. The molecule has 0 amide bonds. The van der Waals surface area contributed by atoms with Crippen molar-refractivity contribution in [2.24, 2.45) is 7.05 Å². The summed E-state index contributed by atoms with van der Waals surface area (Å²) in [7, 11) is 2.07. The molecule has 0 saturated carbocycles. The van der Waals surface area contributed by atoms with E-state index in [0.29, 0.717) is 0 Å². The van der Waals surface area contributed by atoms with Gasteiger partial charge in [0.2, 0.25) is 0 Å². The van der Waals surface area contributed by atoms with Crippen LogP contribution in [0.2, 0.25) is 0 Å². The van der Waals surface area contributed by atoms with Gasteiger partial charge in [-0.25, -0.2) is 4.98 Å². The fourth-order valence-corrected chi connectivity index (χ4v) is 3.46. The summed E-state index contributed by atoms with van der Waals surface area (Å²) in [4.78, 5) is 7.14. The van der Waals surface area contributed by atoms with Crippen LogP contribution in [0, 0.1) is 0 Å². The molecule has 1 atom stereocenters. The van der Waals surface area contributed by atoms with Crippen LogP contribution in [-0.4, -0.2) is 26.1 Å². The molecule has 0 fully saturated rings. The van der Waals surface area contributed by atoms with Gasteiger partial charge < -0.3 is 9.67 Å². The number of aromatic nitrogens is 2. The van der Waals surface area contributed by atoms with Crippen LogP contribution in [0.15, 0.2) is 48.5 Å². The Kier molecular flexibility index (Phi) is 3.63. The number of imidazole rings is 1. The van der Waals surface area contributed by atoms with Crippen molar-refractivity contribution in [2.45, 2.75) is 25.6 Å². The molecule has 1 aliphatic heterocycles. The van der Waals surface area contributed by atoms with Crippen molar-refractivity contribution < 1.29 is 5.11 Å². The molecule has 1 N–H and O–H groups in total. The molecule has 4 heteroatoms. The number of aliphatic hydroxyl groups is 1. The van der Waals surface area contributed by atoms with Gasteiger partial charge in [0.25, 0.3) is 0 Å². The second kappa shape index (κ2) is 5.80. The highest BCUT2D eigenvalue weighted by Gasteiger charge is 2.21. The monoisotopic (exact) mass is 307 g/mol. The summed E-state index contributed by atoms with van der Waals surface area (Å²) in [6.07, 6.45) is 0.401. The van der Waals surface area contributed by atoms with Crippen molar-refractivity contribution in [3.63, 3.8) is 0 Å². The minimum atomic E-state index is -0.364. The first kappa shape index (κ1) is 14.4. The van der Waals surface area contributed by atoms with E-state index in [-0.39, 0.29) is 6.10 Å². The molecule has 3 aromatic rings. The fourth-order valence-electron chi connectivity index (χ4n) is 3.46. The quantitative estimate of drug-likeness (QED) is 0.791. The lowest BCUT2D eigenvalue weighted by Crippen LogP contribution is -2.24. The lowest BCUT2D eigenvalue weighted by Gasteiger charge is -2.20. The second-order valence-electron chi connectivity index (χ2n) is 6.29. The molecule has 2 heterocycles. The van der Waals surface area contributed by atoms with E-state index in [0.717, 1.165) is 48.5 Å². The van der Waals surface area contributed by atoms with Crippen molar-refractivity contribution in [3.05, 3.63) is 65.5 Å². The van der Waals surface area contributed by atoms with Crippen molar-refractivity contribution >= 4 is 11.0 Å². The molecule has 23 heavy (non-hydrogen) atoms. The first-order valence-corrected chi connectivity index (χ1v) is 8.11. The van der Waals surface area contributed by atoms with E-state index in [9.17, 15) is 5.11 Å². The van der Waals surface area contributed by atoms with E-state index in [4.69, 9.17) is 4.98 Å². The topological polar surface area (TPSA) is 41.3 Å². The number of rotatable bonds is 2. The normalized spacial score (nSPS) is 18.8. The van der Waals surface area contributed by atoms with Crippen LogP contribution in [-0.2, 0) is 20.1 Å². The van der Waals surface area contributed by atoms with Gasteiger partial charge in [-0.05, 0) is 29.7 Å². The minimum absolute atomic E-state index is 0.364. The zero-order valence-electron chi connectivity index (χ0n) is 13.3. The summed E-state index contributed by atoms with van der Waals surface area (Å²) < 4.78 is 2.17. The van der Waals surface area contributed by atoms with Gasteiger partial charge in [0, 0.05) is 20.1 Å². The largest absolute Gasteiger partial charge is 0.388 e. The van der Waals surface area contributed by atoms with Gasteiger partial charge in [0.1, 0.15) is 5.82 Å². The van der Waals surface area contributed by atoms with E-state index in [2.05, 4.69) is 34.7 Å². The standard InChI is InChI=1S/C19H21N3O/c1-21-17-9-5-4-8-16(17)20-19(21)13-22-11-10-18(23)15-7-3-2-6-14(15)12-22/h2-9,18,23H,10-13H2,1H3.